The summed E-state index contributed by atoms with van der Waals surface area (Å²) in [6.45, 7) is 7.54. The Balaban J connectivity index is 1.78. The number of halogens is 3. The second kappa shape index (κ2) is 9.90. The molecule has 1 atom stereocenters. The van der Waals surface area contributed by atoms with Gasteiger partial charge in [-0.25, -0.2) is 9.79 Å². The molecule has 0 saturated carbocycles. The highest BCUT2D eigenvalue weighted by molar-refractivity contribution is 5.77. The van der Waals surface area contributed by atoms with Crippen LogP contribution in [0.3, 0.4) is 0 Å². The van der Waals surface area contributed by atoms with Gasteiger partial charge >= 0.3 is 12.5 Å². The number of nitrogens with one attached hydrogen (secondary N) is 1. The molecule has 0 aliphatic carbocycles. The van der Waals surface area contributed by atoms with Crippen LogP contribution in [0.15, 0.2) is 29.3 Å². The van der Waals surface area contributed by atoms with E-state index in [9.17, 15) is 18.0 Å². The van der Waals surface area contributed by atoms with Crippen LogP contribution in [0.2, 0.25) is 0 Å². The van der Waals surface area contributed by atoms with Gasteiger partial charge in [-0.2, -0.15) is 0 Å². The van der Waals surface area contributed by atoms with E-state index in [0.717, 1.165) is 12.8 Å². The van der Waals surface area contributed by atoms with Crippen LogP contribution in [-0.2, 0) is 11.3 Å². The van der Waals surface area contributed by atoms with E-state index in [0.29, 0.717) is 25.2 Å². The lowest BCUT2D eigenvalue weighted by Crippen LogP contribution is -2.46. The number of guanidine groups is 1. The van der Waals surface area contributed by atoms with Crippen LogP contribution in [0.4, 0.5) is 18.0 Å². The molecule has 0 aromatic heterocycles. The van der Waals surface area contributed by atoms with Crippen LogP contribution in [0.25, 0.3) is 0 Å². The summed E-state index contributed by atoms with van der Waals surface area (Å²) in [4.78, 5) is 18.1. The van der Waals surface area contributed by atoms with Crippen molar-refractivity contribution < 1.29 is 27.4 Å². The van der Waals surface area contributed by atoms with Crippen molar-refractivity contribution in [3.63, 3.8) is 0 Å². The topological polar surface area (TPSA) is 89.2 Å². The highest BCUT2D eigenvalue weighted by atomic mass is 19.4. The average Bonchev–Trinajstić information content (AvgIpc) is 2.63. The summed E-state index contributed by atoms with van der Waals surface area (Å²) < 4.78 is 45.8. The fraction of sp³-hybridized carbons (Fsp3) is 0.600. The van der Waals surface area contributed by atoms with Gasteiger partial charge in [0.1, 0.15) is 11.4 Å². The van der Waals surface area contributed by atoms with E-state index in [2.05, 4.69) is 15.0 Å². The summed E-state index contributed by atoms with van der Waals surface area (Å²) >= 11 is 0. The Bertz CT molecular complexity index is 730. The Morgan fingerprint density at radius 3 is 2.53 bits per heavy atom. The van der Waals surface area contributed by atoms with Crippen LogP contribution in [0.1, 0.15) is 39.2 Å². The van der Waals surface area contributed by atoms with Gasteiger partial charge in [0, 0.05) is 19.6 Å². The molecule has 1 aliphatic rings. The van der Waals surface area contributed by atoms with Gasteiger partial charge < -0.3 is 25.4 Å². The molecule has 168 valence electrons. The third kappa shape index (κ3) is 8.79. The molecule has 1 amide bonds. The van der Waals surface area contributed by atoms with Crippen molar-refractivity contribution in [1.29, 1.82) is 0 Å². The lowest BCUT2D eigenvalue weighted by Gasteiger charge is -2.34. The fourth-order valence-corrected chi connectivity index (χ4v) is 3.00. The summed E-state index contributed by atoms with van der Waals surface area (Å²) in [5, 5.41) is 3.05. The highest BCUT2D eigenvalue weighted by Crippen LogP contribution is 2.23. The molecular weight excluding hydrogens is 401 g/mol. The molecule has 1 aliphatic heterocycles. The van der Waals surface area contributed by atoms with E-state index in [1.54, 1.807) is 4.90 Å². The minimum atomic E-state index is -4.72. The number of ether oxygens (including phenoxy) is 2. The highest BCUT2D eigenvalue weighted by Gasteiger charge is 2.31. The molecule has 0 bridgehead atoms. The van der Waals surface area contributed by atoms with Crippen LogP contribution < -0.4 is 15.8 Å². The fourth-order valence-electron chi connectivity index (χ4n) is 3.00. The van der Waals surface area contributed by atoms with Gasteiger partial charge in [0.15, 0.2) is 5.96 Å². The number of alkyl halides is 3. The molecule has 1 aromatic rings. The normalized spacial score (nSPS) is 18.1. The predicted molar refractivity (Wildman–Crippen MR) is 107 cm³/mol. The van der Waals surface area contributed by atoms with Crippen molar-refractivity contribution in [1.82, 2.24) is 10.2 Å². The van der Waals surface area contributed by atoms with Crippen molar-refractivity contribution in [3.8, 4) is 5.75 Å². The Hall–Kier alpha value is -2.65. The van der Waals surface area contributed by atoms with Crippen LogP contribution in [0.5, 0.6) is 5.75 Å². The summed E-state index contributed by atoms with van der Waals surface area (Å²) in [6.07, 6.45) is -3.19. The first-order valence-electron chi connectivity index (χ1n) is 9.78. The number of aliphatic imine (C=N–C) groups is 1. The third-order valence-corrected chi connectivity index (χ3v) is 4.33. The zero-order valence-corrected chi connectivity index (χ0v) is 17.5. The Labute approximate surface area is 174 Å². The molecule has 0 radical (unpaired) electrons. The Kier molecular flexibility index (Phi) is 7.80. The SMILES string of the molecule is CC(C)(C)OC(=O)N1CCCC(CNC(N)=NCc2ccc(OC(F)(F)F)cc2)C1. The summed E-state index contributed by atoms with van der Waals surface area (Å²) in [6, 6.07) is 5.46. The van der Waals surface area contributed by atoms with E-state index in [-0.39, 0.29) is 30.3 Å². The maximum Gasteiger partial charge on any atom is 0.573 e. The number of hydrogen-bond acceptors (Lipinski definition) is 4. The lowest BCUT2D eigenvalue weighted by atomic mass is 9.98. The molecule has 7 nitrogen and oxygen atoms in total. The summed E-state index contributed by atoms with van der Waals surface area (Å²) in [7, 11) is 0. The monoisotopic (exact) mass is 430 g/mol. The molecule has 10 heteroatoms. The maximum atomic E-state index is 12.2. The number of carbonyl (C=O) groups is 1. The molecule has 1 unspecified atom stereocenters. The third-order valence-electron chi connectivity index (χ3n) is 4.33. The van der Waals surface area contributed by atoms with Crippen molar-refractivity contribution in [2.45, 2.75) is 52.1 Å². The summed E-state index contributed by atoms with van der Waals surface area (Å²) in [5.74, 6) is 0.173. The number of piperidine rings is 1. The van der Waals surface area contributed by atoms with Crippen molar-refractivity contribution >= 4 is 12.1 Å². The van der Waals surface area contributed by atoms with E-state index < -0.39 is 12.0 Å². The molecule has 1 saturated heterocycles. The standard InChI is InChI=1S/C20H29F3N4O3/c1-19(2,3)30-18(28)27-10-4-5-15(13-27)12-26-17(24)25-11-14-6-8-16(9-7-14)29-20(21,22)23/h6-9,15H,4-5,10-13H2,1-3H3,(H3,24,25,26). The molecule has 0 spiro atoms. The van der Waals surface area contributed by atoms with Gasteiger partial charge in [-0.15, -0.1) is 13.2 Å². The van der Waals surface area contributed by atoms with E-state index in [1.165, 1.54) is 24.3 Å². The first kappa shape index (κ1) is 23.6. The van der Waals surface area contributed by atoms with Crippen LogP contribution in [0, 0.1) is 5.92 Å². The van der Waals surface area contributed by atoms with E-state index in [1.807, 2.05) is 20.8 Å². The number of nitrogens with two attached hydrogens (primary N) is 1. The second-order valence-corrected chi connectivity index (χ2v) is 8.21. The van der Waals surface area contributed by atoms with Gasteiger partial charge in [-0.1, -0.05) is 12.1 Å². The molecule has 30 heavy (non-hydrogen) atoms. The van der Waals surface area contributed by atoms with E-state index in [4.69, 9.17) is 10.5 Å². The Morgan fingerprint density at radius 2 is 1.93 bits per heavy atom. The quantitative estimate of drug-likeness (QED) is 0.550. The number of rotatable bonds is 5. The number of likely N-dealkylation sites (tertiary alicyclic amines) is 1. The number of benzene rings is 1. The van der Waals surface area contributed by atoms with Crippen molar-refractivity contribution in [3.05, 3.63) is 29.8 Å². The van der Waals surface area contributed by atoms with Crippen molar-refractivity contribution in [2.75, 3.05) is 19.6 Å². The maximum absolute atomic E-state index is 12.2. The van der Waals surface area contributed by atoms with E-state index >= 15 is 0 Å². The van der Waals surface area contributed by atoms with Gasteiger partial charge in [0.2, 0.25) is 0 Å². The number of hydrogen-bond donors (Lipinski definition) is 2. The number of carbonyl (C=O) groups excluding carboxylic acids is 1. The molecular formula is C20H29F3N4O3. The van der Waals surface area contributed by atoms with Gasteiger partial charge in [-0.3, -0.25) is 0 Å². The molecule has 2 rings (SSSR count). The molecule has 3 N–H and O–H groups in total. The van der Waals surface area contributed by atoms with Gasteiger partial charge in [-0.05, 0) is 57.2 Å². The minimum Gasteiger partial charge on any atom is -0.444 e. The minimum absolute atomic E-state index is 0.221. The number of amides is 1. The zero-order chi connectivity index (χ0) is 22.4. The Morgan fingerprint density at radius 1 is 1.27 bits per heavy atom. The molecule has 1 aromatic carbocycles. The summed E-state index contributed by atoms with van der Waals surface area (Å²) in [5.41, 5.74) is 6.06. The van der Waals surface area contributed by atoms with Crippen LogP contribution in [-0.4, -0.2) is 48.6 Å². The van der Waals surface area contributed by atoms with Crippen molar-refractivity contribution in [2.24, 2.45) is 16.6 Å². The number of nitrogens with zero attached hydrogens (tertiary/aromatic N) is 2. The zero-order valence-electron chi connectivity index (χ0n) is 17.5. The average molecular weight is 430 g/mol. The van der Waals surface area contributed by atoms with Gasteiger partial charge in [0.05, 0.1) is 6.54 Å². The van der Waals surface area contributed by atoms with Crippen LogP contribution >= 0.6 is 0 Å². The van der Waals surface area contributed by atoms with Gasteiger partial charge in [0.25, 0.3) is 0 Å². The smallest absolute Gasteiger partial charge is 0.444 e. The first-order chi connectivity index (χ1) is 13.9. The molecule has 1 fully saturated rings. The molecule has 1 heterocycles. The first-order valence-corrected chi connectivity index (χ1v) is 9.78. The lowest BCUT2D eigenvalue weighted by molar-refractivity contribution is -0.274. The largest absolute Gasteiger partial charge is 0.573 e. The second-order valence-electron chi connectivity index (χ2n) is 8.21. The predicted octanol–water partition coefficient (Wildman–Crippen LogP) is 3.64.